The van der Waals surface area contributed by atoms with Gasteiger partial charge in [-0.25, -0.2) is 0 Å². The van der Waals surface area contributed by atoms with Crippen molar-refractivity contribution >= 4 is 5.97 Å². The zero-order chi connectivity index (χ0) is 13.0. The van der Waals surface area contributed by atoms with Gasteiger partial charge in [0.15, 0.2) is 0 Å². The van der Waals surface area contributed by atoms with Crippen molar-refractivity contribution in [3.8, 4) is 0 Å². The van der Waals surface area contributed by atoms with E-state index in [-0.39, 0.29) is 12.1 Å². The lowest BCUT2D eigenvalue weighted by Gasteiger charge is -2.24. The summed E-state index contributed by atoms with van der Waals surface area (Å²) in [4.78, 5) is 13.9. The van der Waals surface area contributed by atoms with E-state index >= 15 is 0 Å². The molecule has 3 heteroatoms. The molecule has 1 aliphatic rings. The second-order valence-electron chi connectivity index (χ2n) is 4.99. The summed E-state index contributed by atoms with van der Waals surface area (Å²) in [7, 11) is 2.11. The highest BCUT2D eigenvalue weighted by Crippen LogP contribution is 2.32. The van der Waals surface area contributed by atoms with Gasteiger partial charge in [-0.3, -0.25) is 4.79 Å². The average molecular weight is 247 g/mol. The van der Waals surface area contributed by atoms with Gasteiger partial charge in [-0.05, 0) is 25.6 Å². The van der Waals surface area contributed by atoms with Crippen LogP contribution in [0.3, 0.4) is 0 Å². The molecule has 0 bridgehead atoms. The lowest BCUT2D eigenvalue weighted by Crippen LogP contribution is -2.22. The Kier molecular flexibility index (Phi) is 4.37. The van der Waals surface area contributed by atoms with Gasteiger partial charge in [-0.15, -0.1) is 0 Å². The van der Waals surface area contributed by atoms with E-state index in [1.807, 2.05) is 37.3 Å². The lowest BCUT2D eigenvalue weighted by atomic mass is 9.95. The van der Waals surface area contributed by atoms with Gasteiger partial charge in [-0.2, -0.15) is 0 Å². The molecule has 1 saturated heterocycles. The summed E-state index contributed by atoms with van der Waals surface area (Å²) in [6.45, 7) is 3.92. The van der Waals surface area contributed by atoms with Crippen LogP contribution in [-0.4, -0.2) is 31.0 Å². The van der Waals surface area contributed by atoms with Gasteiger partial charge in [-0.1, -0.05) is 37.3 Å². The number of benzene rings is 1. The molecule has 0 amide bonds. The smallest absolute Gasteiger partial charge is 0.306 e. The Bertz CT molecular complexity index is 391. The first-order valence-corrected chi connectivity index (χ1v) is 6.63. The molecule has 2 atom stereocenters. The predicted octanol–water partition coefficient (Wildman–Crippen LogP) is 2.63. The van der Waals surface area contributed by atoms with Gasteiger partial charge in [0, 0.05) is 18.9 Å². The molecule has 1 fully saturated rings. The molecule has 1 heterocycles. The number of carbonyl (C=O) groups excluding carboxylic acids is 1. The Morgan fingerprint density at radius 1 is 1.44 bits per heavy atom. The topological polar surface area (TPSA) is 29.5 Å². The molecule has 1 aliphatic heterocycles. The number of esters is 1. The number of nitrogens with zero attached hydrogens (tertiary/aromatic N) is 1. The highest BCUT2D eigenvalue weighted by molar-refractivity contribution is 5.69. The summed E-state index contributed by atoms with van der Waals surface area (Å²) in [6, 6.07) is 10.1. The van der Waals surface area contributed by atoms with Crippen LogP contribution in [0.4, 0.5) is 0 Å². The van der Waals surface area contributed by atoms with Crippen LogP contribution in [0, 0.1) is 5.92 Å². The van der Waals surface area contributed by atoms with E-state index in [0.717, 1.165) is 25.1 Å². The van der Waals surface area contributed by atoms with Crippen LogP contribution < -0.4 is 0 Å². The third-order valence-electron chi connectivity index (χ3n) is 3.53. The van der Waals surface area contributed by atoms with E-state index in [1.165, 1.54) is 0 Å². The van der Waals surface area contributed by atoms with Crippen molar-refractivity contribution in [3.05, 3.63) is 35.9 Å². The van der Waals surface area contributed by atoms with Crippen molar-refractivity contribution in [1.29, 1.82) is 0 Å². The van der Waals surface area contributed by atoms with E-state index < -0.39 is 0 Å². The molecule has 1 aromatic carbocycles. The zero-order valence-electron chi connectivity index (χ0n) is 11.1. The van der Waals surface area contributed by atoms with Gasteiger partial charge in [0.25, 0.3) is 0 Å². The van der Waals surface area contributed by atoms with Crippen LogP contribution >= 0.6 is 0 Å². The minimum atomic E-state index is -0.113. The average Bonchev–Trinajstić information content (AvgIpc) is 2.83. The lowest BCUT2D eigenvalue weighted by molar-refractivity contribution is -0.151. The largest absolute Gasteiger partial charge is 0.457 e. The molecular weight excluding hydrogens is 226 g/mol. The maximum atomic E-state index is 11.6. The monoisotopic (exact) mass is 247 g/mol. The van der Waals surface area contributed by atoms with Gasteiger partial charge in [0.1, 0.15) is 6.10 Å². The second-order valence-corrected chi connectivity index (χ2v) is 4.99. The van der Waals surface area contributed by atoms with Crippen LogP contribution in [0.1, 0.15) is 31.4 Å². The summed E-state index contributed by atoms with van der Waals surface area (Å²) in [5.41, 5.74) is 1.11. The summed E-state index contributed by atoms with van der Waals surface area (Å²) in [5.74, 6) is 0.298. The summed E-state index contributed by atoms with van der Waals surface area (Å²) >= 11 is 0. The van der Waals surface area contributed by atoms with E-state index in [1.54, 1.807) is 0 Å². The fourth-order valence-electron chi connectivity index (χ4n) is 2.52. The molecule has 0 radical (unpaired) electrons. The zero-order valence-corrected chi connectivity index (χ0v) is 11.1. The number of hydrogen-bond donors (Lipinski definition) is 0. The Balaban J connectivity index is 2.15. The molecule has 0 saturated carbocycles. The minimum absolute atomic E-state index is 0.0939. The summed E-state index contributed by atoms with van der Waals surface area (Å²) in [5, 5.41) is 0. The molecule has 1 aromatic rings. The van der Waals surface area contributed by atoms with Gasteiger partial charge in [0.05, 0.1) is 0 Å². The molecule has 98 valence electrons. The van der Waals surface area contributed by atoms with Crippen molar-refractivity contribution < 1.29 is 9.53 Å². The van der Waals surface area contributed by atoms with Crippen LogP contribution in [0.5, 0.6) is 0 Å². The van der Waals surface area contributed by atoms with E-state index in [9.17, 15) is 4.79 Å². The molecule has 0 spiro atoms. The van der Waals surface area contributed by atoms with Crippen LogP contribution in [0.2, 0.25) is 0 Å². The standard InChI is InChI=1S/C15H21NO2/c1-3-14(17)18-15(12-7-5-4-6-8-12)13-9-10-16(2)11-13/h4-8,13,15H,3,9-11H2,1-2H3/t13-,15+/m1/s1. The Labute approximate surface area is 109 Å². The highest BCUT2D eigenvalue weighted by Gasteiger charge is 2.31. The van der Waals surface area contributed by atoms with Crippen LogP contribution in [-0.2, 0) is 9.53 Å². The first-order chi connectivity index (χ1) is 8.70. The molecule has 0 unspecified atom stereocenters. The Morgan fingerprint density at radius 2 is 2.17 bits per heavy atom. The summed E-state index contributed by atoms with van der Waals surface area (Å²) < 4.78 is 5.65. The first kappa shape index (κ1) is 13.1. The molecule has 0 aliphatic carbocycles. The van der Waals surface area contributed by atoms with E-state index in [4.69, 9.17) is 4.74 Å². The fourth-order valence-corrected chi connectivity index (χ4v) is 2.52. The van der Waals surface area contributed by atoms with E-state index in [0.29, 0.717) is 12.3 Å². The maximum absolute atomic E-state index is 11.6. The molecule has 0 aromatic heterocycles. The number of ether oxygens (including phenoxy) is 1. The van der Waals surface area contributed by atoms with E-state index in [2.05, 4.69) is 11.9 Å². The second kappa shape index (κ2) is 6.01. The van der Waals surface area contributed by atoms with Gasteiger partial charge >= 0.3 is 5.97 Å². The SMILES string of the molecule is CCC(=O)O[C@@H](c1ccccc1)[C@@H]1CCN(C)C1. The van der Waals surface area contributed by atoms with Crippen LogP contribution in [0.25, 0.3) is 0 Å². The number of hydrogen-bond acceptors (Lipinski definition) is 3. The Morgan fingerprint density at radius 3 is 2.72 bits per heavy atom. The molecule has 0 N–H and O–H groups in total. The minimum Gasteiger partial charge on any atom is -0.457 e. The van der Waals surface area contributed by atoms with Crippen molar-refractivity contribution in [1.82, 2.24) is 4.90 Å². The van der Waals surface area contributed by atoms with Crippen molar-refractivity contribution in [2.75, 3.05) is 20.1 Å². The number of carbonyl (C=O) groups is 1. The quantitative estimate of drug-likeness (QED) is 0.766. The van der Waals surface area contributed by atoms with Crippen molar-refractivity contribution in [2.24, 2.45) is 5.92 Å². The molecular formula is C15H21NO2. The number of likely N-dealkylation sites (tertiary alicyclic amines) is 1. The number of rotatable bonds is 4. The van der Waals surface area contributed by atoms with Crippen molar-refractivity contribution in [2.45, 2.75) is 25.9 Å². The highest BCUT2D eigenvalue weighted by atomic mass is 16.5. The fraction of sp³-hybridized carbons (Fsp3) is 0.533. The first-order valence-electron chi connectivity index (χ1n) is 6.63. The van der Waals surface area contributed by atoms with Gasteiger partial charge in [0.2, 0.25) is 0 Å². The van der Waals surface area contributed by atoms with Crippen molar-refractivity contribution in [3.63, 3.8) is 0 Å². The molecule has 3 nitrogen and oxygen atoms in total. The van der Waals surface area contributed by atoms with Crippen LogP contribution in [0.15, 0.2) is 30.3 Å². The third-order valence-corrected chi connectivity index (χ3v) is 3.53. The third kappa shape index (κ3) is 3.10. The maximum Gasteiger partial charge on any atom is 0.306 e. The Hall–Kier alpha value is -1.35. The molecule has 18 heavy (non-hydrogen) atoms. The predicted molar refractivity (Wildman–Crippen MR) is 71.2 cm³/mol. The van der Waals surface area contributed by atoms with Gasteiger partial charge < -0.3 is 9.64 Å². The molecule has 2 rings (SSSR count). The normalized spacial score (nSPS) is 21.8. The summed E-state index contributed by atoms with van der Waals surface area (Å²) in [6.07, 6.45) is 1.43.